The van der Waals surface area contributed by atoms with Gasteiger partial charge in [0.2, 0.25) is 0 Å². The first-order valence-electron chi connectivity index (χ1n) is 6.59. The fourth-order valence-electron chi connectivity index (χ4n) is 1.93. The van der Waals surface area contributed by atoms with E-state index < -0.39 is 0 Å². The zero-order valence-corrected chi connectivity index (χ0v) is 13.0. The van der Waals surface area contributed by atoms with Crippen molar-refractivity contribution in [3.8, 4) is 0 Å². The second kappa shape index (κ2) is 6.43. The summed E-state index contributed by atoms with van der Waals surface area (Å²) in [6, 6.07) is 6.05. The van der Waals surface area contributed by atoms with Crippen molar-refractivity contribution in [1.29, 1.82) is 0 Å². The molecule has 3 rings (SSSR count). The topological polar surface area (TPSA) is 66.5 Å². The zero-order valence-electron chi connectivity index (χ0n) is 11.4. The third kappa shape index (κ3) is 3.18. The van der Waals surface area contributed by atoms with Crippen molar-refractivity contribution in [1.82, 2.24) is 25.3 Å². The van der Waals surface area contributed by atoms with E-state index in [9.17, 15) is 0 Å². The summed E-state index contributed by atoms with van der Waals surface area (Å²) >= 11 is 7.86. The fraction of sp³-hybridized carbons (Fsp3) is 0.214. The summed E-state index contributed by atoms with van der Waals surface area (Å²) in [5, 5.41) is 4.87. The molecule has 0 aliphatic carbocycles. The van der Waals surface area contributed by atoms with Crippen LogP contribution in [0.3, 0.4) is 0 Å². The van der Waals surface area contributed by atoms with Crippen molar-refractivity contribution in [2.24, 2.45) is 0 Å². The van der Waals surface area contributed by atoms with Gasteiger partial charge in [0, 0.05) is 16.5 Å². The summed E-state index contributed by atoms with van der Waals surface area (Å²) < 4.78 is 0. The average molecular weight is 320 g/mol. The lowest BCUT2D eigenvalue weighted by molar-refractivity contribution is 0.726. The Labute approximate surface area is 131 Å². The molecule has 2 heterocycles. The Morgan fingerprint density at radius 3 is 3.00 bits per heavy atom. The summed E-state index contributed by atoms with van der Waals surface area (Å²) in [6.45, 7) is 3.77. The molecule has 2 aromatic heterocycles. The highest BCUT2D eigenvalue weighted by atomic mass is 35.5. The number of halogens is 1. The van der Waals surface area contributed by atoms with Gasteiger partial charge in [-0.15, -0.1) is 0 Å². The monoisotopic (exact) mass is 319 g/mol. The van der Waals surface area contributed by atoms with Crippen LogP contribution in [0.2, 0.25) is 5.02 Å². The van der Waals surface area contributed by atoms with E-state index in [0.29, 0.717) is 5.65 Å². The van der Waals surface area contributed by atoms with Gasteiger partial charge >= 0.3 is 0 Å². The molecule has 0 aliphatic rings. The van der Waals surface area contributed by atoms with Crippen molar-refractivity contribution in [2.45, 2.75) is 23.4 Å². The van der Waals surface area contributed by atoms with Crippen LogP contribution in [0.15, 0.2) is 40.8 Å². The number of imidazole rings is 1. The summed E-state index contributed by atoms with van der Waals surface area (Å²) in [7, 11) is 0. The molecule has 0 amide bonds. The molecule has 1 aromatic carbocycles. The minimum atomic E-state index is 0.669. The van der Waals surface area contributed by atoms with Crippen LogP contribution >= 0.6 is 23.4 Å². The maximum atomic E-state index is 6.32. The predicted molar refractivity (Wildman–Crippen MR) is 84.6 cm³/mol. The number of fused-ring (bicyclic) bond motifs is 1. The van der Waals surface area contributed by atoms with Gasteiger partial charge in [0.05, 0.1) is 6.33 Å². The van der Waals surface area contributed by atoms with E-state index in [2.05, 4.69) is 32.2 Å². The van der Waals surface area contributed by atoms with Crippen LogP contribution < -0.4 is 5.32 Å². The van der Waals surface area contributed by atoms with Crippen LogP contribution in [0.4, 0.5) is 0 Å². The highest BCUT2D eigenvalue weighted by Gasteiger charge is 2.09. The molecule has 108 valence electrons. The largest absolute Gasteiger partial charge is 0.341 e. The summed E-state index contributed by atoms with van der Waals surface area (Å²) in [5.74, 6) is 0. The van der Waals surface area contributed by atoms with Crippen LogP contribution in [0, 0.1) is 0 Å². The molecule has 0 saturated heterocycles. The third-order valence-corrected chi connectivity index (χ3v) is 4.34. The fourth-order valence-corrected chi connectivity index (χ4v) is 3.13. The van der Waals surface area contributed by atoms with E-state index in [1.807, 2.05) is 18.2 Å². The highest BCUT2D eigenvalue weighted by molar-refractivity contribution is 7.99. The molecule has 21 heavy (non-hydrogen) atoms. The van der Waals surface area contributed by atoms with E-state index in [0.717, 1.165) is 39.1 Å². The Hall–Kier alpha value is -1.63. The lowest BCUT2D eigenvalue weighted by Crippen LogP contribution is -2.11. The van der Waals surface area contributed by atoms with Gasteiger partial charge in [0.25, 0.3) is 0 Å². The summed E-state index contributed by atoms with van der Waals surface area (Å²) in [5.41, 5.74) is 2.61. The number of hydrogen-bond acceptors (Lipinski definition) is 5. The quantitative estimate of drug-likeness (QED) is 0.707. The molecule has 0 unspecified atom stereocenters. The first-order chi connectivity index (χ1) is 10.3. The second-order valence-electron chi connectivity index (χ2n) is 4.42. The number of benzene rings is 1. The van der Waals surface area contributed by atoms with Crippen molar-refractivity contribution in [3.05, 3.63) is 41.4 Å². The van der Waals surface area contributed by atoms with Crippen LogP contribution in [-0.4, -0.2) is 26.5 Å². The minimum Gasteiger partial charge on any atom is -0.341 e. The first-order valence-corrected chi connectivity index (χ1v) is 7.78. The molecule has 0 bridgehead atoms. The van der Waals surface area contributed by atoms with E-state index in [1.165, 1.54) is 6.33 Å². The van der Waals surface area contributed by atoms with Gasteiger partial charge in [0.1, 0.15) is 16.9 Å². The van der Waals surface area contributed by atoms with Gasteiger partial charge in [-0.25, -0.2) is 15.0 Å². The van der Waals surface area contributed by atoms with E-state index >= 15 is 0 Å². The van der Waals surface area contributed by atoms with Gasteiger partial charge in [-0.05, 0) is 24.2 Å². The molecule has 3 aromatic rings. The molecule has 7 heteroatoms. The van der Waals surface area contributed by atoms with Crippen molar-refractivity contribution < 1.29 is 0 Å². The van der Waals surface area contributed by atoms with Gasteiger partial charge in [-0.3, -0.25) is 0 Å². The number of aromatic amines is 1. The number of rotatable bonds is 5. The summed E-state index contributed by atoms with van der Waals surface area (Å²) in [6.07, 6.45) is 3.14. The molecule has 2 N–H and O–H groups in total. The van der Waals surface area contributed by atoms with Crippen LogP contribution in [0.1, 0.15) is 12.5 Å². The number of aromatic nitrogens is 4. The average Bonchev–Trinajstić information content (AvgIpc) is 2.96. The van der Waals surface area contributed by atoms with Crippen molar-refractivity contribution in [3.63, 3.8) is 0 Å². The molecule has 0 aliphatic heterocycles. The SMILES string of the molecule is CCNCc1ccc(Sc2ncnc3nc[nH]c23)cc1Cl. The van der Waals surface area contributed by atoms with Crippen LogP contribution in [0.25, 0.3) is 11.2 Å². The molecule has 0 fully saturated rings. The third-order valence-electron chi connectivity index (χ3n) is 2.99. The molecule has 0 saturated carbocycles. The predicted octanol–water partition coefficient (Wildman–Crippen LogP) is 3.27. The lowest BCUT2D eigenvalue weighted by Gasteiger charge is -2.07. The zero-order chi connectivity index (χ0) is 14.7. The highest BCUT2D eigenvalue weighted by Crippen LogP contribution is 2.32. The minimum absolute atomic E-state index is 0.669. The van der Waals surface area contributed by atoms with E-state index in [1.54, 1.807) is 18.1 Å². The molecule has 0 radical (unpaired) electrons. The molecule has 0 spiro atoms. The molecular formula is C14H14ClN5S. The summed E-state index contributed by atoms with van der Waals surface area (Å²) in [4.78, 5) is 16.6. The molecule has 5 nitrogen and oxygen atoms in total. The van der Waals surface area contributed by atoms with Crippen molar-refractivity contribution in [2.75, 3.05) is 6.54 Å². The van der Waals surface area contributed by atoms with Gasteiger partial charge in [-0.2, -0.15) is 0 Å². The van der Waals surface area contributed by atoms with Crippen LogP contribution in [0.5, 0.6) is 0 Å². The van der Waals surface area contributed by atoms with Crippen molar-refractivity contribution >= 4 is 34.5 Å². The standard InChI is InChI=1S/C14H14ClN5S/c1-2-16-6-9-3-4-10(5-11(9)15)21-14-12-13(18-7-17-12)19-8-20-14/h3-5,7-8,16H,2,6H2,1H3,(H,17,18,19,20). The number of H-pyrrole nitrogens is 1. The number of hydrogen-bond donors (Lipinski definition) is 2. The number of nitrogens with one attached hydrogen (secondary N) is 2. The Kier molecular flexibility index (Phi) is 4.38. The lowest BCUT2D eigenvalue weighted by atomic mass is 10.2. The maximum Gasteiger partial charge on any atom is 0.181 e. The number of nitrogens with zero attached hydrogens (tertiary/aromatic N) is 3. The Balaban J connectivity index is 1.85. The Morgan fingerprint density at radius 2 is 2.19 bits per heavy atom. The smallest absolute Gasteiger partial charge is 0.181 e. The molecular weight excluding hydrogens is 306 g/mol. The molecule has 0 atom stereocenters. The van der Waals surface area contributed by atoms with E-state index in [-0.39, 0.29) is 0 Å². The van der Waals surface area contributed by atoms with Gasteiger partial charge in [0.15, 0.2) is 5.65 Å². The second-order valence-corrected chi connectivity index (χ2v) is 5.88. The van der Waals surface area contributed by atoms with Gasteiger partial charge in [-0.1, -0.05) is 36.4 Å². The first kappa shape index (κ1) is 14.3. The normalized spacial score (nSPS) is 11.1. The van der Waals surface area contributed by atoms with E-state index in [4.69, 9.17) is 11.6 Å². The Bertz CT molecular complexity index is 758. The van der Waals surface area contributed by atoms with Crippen LogP contribution in [-0.2, 0) is 6.54 Å². The Morgan fingerprint density at radius 1 is 1.29 bits per heavy atom. The van der Waals surface area contributed by atoms with Gasteiger partial charge < -0.3 is 10.3 Å². The maximum absolute atomic E-state index is 6.32.